The van der Waals surface area contributed by atoms with Gasteiger partial charge < -0.3 is 4.74 Å². The molecule has 0 amide bonds. The largest absolute Gasteiger partial charge is 0.490 e. The fourth-order valence-corrected chi connectivity index (χ4v) is 1.35. The van der Waals surface area contributed by atoms with Gasteiger partial charge in [-0.1, -0.05) is 6.08 Å². The van der Waals surface area contributed by atoms with Crippen molar-refractivity contribution in [1.82, 2.24) is 5.32 Å². The average Bonchev–Trinajstić information content (AvgIpc) is 2.05. The normalized spacial score (nSPS) is 29.6. The number of rotatable bonds is 0. The molecular weight excluding hydrogens is 126 g/mol. The predicted molar refractivity (Wildman–Crippen MR) is 38.1 cm³/mol. The van der Waals surface area contributed by atoms with Gasteiger partial charge in [-0.15, -0.1) is 0 Å². The van der Waals surface area contributed by atoms with Gasteiger partial charge in [-0.3, -0.25) is 5.32 Å². The molecule has 53 valence electrons. The zero-order valence-electron chi connectivity index (χ0n) is 5.79. The van der Waals surface area contributed by atoms with Crippen LogP contribution < -0.4 is 5.32 Å². The van der Waals surface area contributed by atoms with Gasteiger partial charge in [0.15, 0.2) is 0 Å². The van der Waals surface area contributed by atoms with E-state index in [-0.39, 0.29) is 6.10 Å². The van der Waals surface area contributed by atoms with Crippen LogP contribution in [0.2, 0.25) is 0 Å². The lowest BCUT2D eigenvalue weighted by molar-refractivity contribution is 0.142. The van der Waals surface area contributed by atoms with E-state index in [4.69, 9.17) is 4.74 Å². The van der Waals surface area contributed by atoms with Gasteiger partial charge in [0.25, 0.3) is 0 Å². The van der Waals surface area contributed by atoms with Gasteiger partial charge in [0.2, 0.25) is 0 Å². The highest BCUT2D eigenvalue weighted by Crippen LogP contribution is 2.22. The Morgan fingerprint density at radius 2 is 2.60 bits per heavy atom. The molecule has 1 aliphatic heterocycles. The first-order valence-electron chi connectivity index (χ1n) is 3.68. The molecule has 0 fully saturated rings. The standard InChI is InChI=1S/C8H10NO/c1-2-4-8-7(3-1)9-5-6-10-8/h3,5-6,8H,1-2,4H2. The molecule has 1 atom stereocenters. The summed E-state index contributed by atoms with van der Waals surface area (Å²) in [7, 11) is 0. The van der Waals surface area contributed by atoms with Gasteiger partial charge in [-0.25, -0.2) is 0 Å². The van der Waals surface area contributed by atoms with Crippen molar-refractivity contribution in [3.63, 3.8) is 0 Å². The summed E-state index contributed by atoms with van der Waals surface area (Å²) < 4.78 is 5.34. The Kier molecular flexibility index (Phi) is 1.38. The summed E-state index contributed by atoms with van der Waals surface area (Å²) in [5.41, 5.74) is 1.12. The van der Waals surface area contributed by atoms with Crippen molar-refractivity contribution in [1.29, 1.82) is 0 Å². The predicted octanol–water partition coefficient (Wildman–Crippen LogP) is 1.53. The summed E-state index contributed by atoms with van der Waals surface area (Å²) in [6.45, 7) is 0. The first kappa shape index (κ1) is 5.83. The SMILES string of the molecule is C1=COC2CCCC=C2[N]1. The van der Waals surface area contributed by atoms with Crippen LogP contribution in [0.15, 0.2) is 24.2 Å². The Bertz CT molecular complexity index is 184. The van der Waals surface area contributed by atoms with Gasteiger partial charge in [0.1, 0.15) is 12.4 Å². The zero-order chi connectivity index (χ0) is 6.81. The molecule has 2 heteroatoms. The van der Waals surface area contributed by atoms with Gasteiger partial charge in [-0.05, 0) is 19.3 Å². The third-order valence-electron chi connectivity index (χ3n) is 1.88. The summed E-state index contributed by atoms with van der Waals surface area (Å²) in [5, 5.41) is 4.21. The number of hydrogen-bond acceptors (Lipinski definition) is 1. The van der Waals surface area contributed by atoms with E-state index < -0.39 is 0 Å². The maximum Gasteiger partial charge on any atom is 0.139 e. The Morgan fingerprint density at radius 1 is 1.60 bits per heavy atom. The van der Waals surface area contributed by atoms with Crippen molar-refractivity contribution in [2.24, 2.45) is 0 Å². The number of fused-ring (bicyclic) bond motifs is 1. The summed E-state index contributed by atoms with van der Waals surface area (Å²) in [5.74, 6) is 0. The van der Waals surface area contributed by atoms with Gasteiger partial charge >= 0.3 is 0 Å². The molecule has 0 saturated heterocycles. The van der Waals surface area contributed by atoms with E-state index in [1.54, 1.807) is 12.5 Å². The number of allylic oxidation sites excluding steroid dienone is 1. The molecule has 0 N–H and O–H groups in total. The molecule has 1 radical (unpaired) electrons. The first-order valence-corrected chi connectivity index (χ1v) is 3.68. The molecular formula is C8H10NO. The van der Waals surface area contributed by atoms with E-state index in [0.29, 0.717) is 0 Å². The zero-order valence-corrected chi connectivity index (χ0v) is 5.79. The van der Waals surface area contributed by atoms with E-state index in [9.17, 15) is 0 Å². The minimum Gasteiger partial charge on any atom is -0.490 e. The molecule has 0 aromatic carbocycles. The molecule has 1 aliphatic carbocycles. The van der Waals surface area contributed by atoms with Crippen LogP contribution in [0.25, 0.3) is 0 Å². The van der Waals surface area contributed by atoms with Crippen molar-refractivity contribution < 1.29 is 4.74 Å². The maximum atomic E-state index is 5.34. The average molecular weight is 136 g/mol. The summed E-state index contributed by atoms with van der Waals surface area (Å²) in [6, 6.07) is 0. The second-order valence-electron chi connectivity index (χ2n) is 2.60. The highest BCUT2D eigenvalue weighted by atomic mass is 16.5. The van der Waals surface area contributed by atoms with Crippen LogP contribution in [0.1, 0.15) is 19.3 Å². The Labute approximate surface area is 60.6 Å². The van der Waals surface area contributed by atoms with Gasteiger partial charge in [-0.2, -0.15) is 0 Å². The molecule has 1 heterocycles. The molecule has 0 aromatic rings. The molecule has 0 aromatic heterocycles. The second kappa shape index (κ2) is 2.37. The van der Waals surface area contributed by atoms with E-state index >= 15 is 0 Å². The van der Waals surface area contributed by atoms with Crippen molar-refractivity contribution in [3.05, 3.63) is 24.2 Å². The Morgan fingerprint density at radius 3 is 3.50 bits per heavy atom. The molecule has 1 unspecified atom stereocenters. The van der Waals surface area contributed by atoms with Crippen molar-refractivity contribution in [2.75, 3.05) is 0 Å². The maximum absolute atomic E-state index is 5.34. The molecule has 0 saturated carbocycles. The molecule has 2 nitrogen and oxygen atoms in total. The Balaban J connectivity index is 2.17. The van der Waals surface area contributed by atoms with Crippen LogP contribution in [-0.4, -0.2) is 6.10 Å². The smallest absolute Gasteiger partial charge is 0.139 e. The highest BCUT2D eigenvalue weighted by molar-refractivity contribution is 5.14. The number of hydrogen-bond donors (Lipinski definition) is 0. The number of nitrogens with zero attached hydrogens (tertiary/aromatic N) is 1. The van der Waals surface area contributed by atoms with Crippen LogP contribution >= 0.6 is 0 Å². The quantitative estimate of drug-likeness (QED) is 0.495. The van der Waals surface area contributed by atoms with E-state index in [2.05, 4.69) is 11.4 Å². The monoisotopic (exact) mass is 136 g/mol. The Hall–Kier alpha value is -0.920. The molecule has 0 spiro atoms. The minimum absolute atomic E-state index is 0.263. The van der Waals surface area contributed by atoms with E-state index in [1.165, 1.54) is 6.42 Å². The van der Waals surface area contributed by atoms with Crippen LogP contribution in [0.5, 0.6) is 0 Å². The van der Waals surface area contributed by atoms with Crippen molar-refractivity contribution in [3.8, 4) is 0 Å². The molecule has 0 bridgehead atoms. The summed E-state index contributed by atoms with van der Waals surface area (Å²) in [4.78, 5) is 0. The van der Waals surface area contributed by atoms with Crippen LogP contribution in [-0.2, 0) is 4.74 Å². The third kappa shape index (κ3) is 0.897. The van der Waals surface area contributed by atoms with Crippen LogP contribution in [0.3, 0.4) is 0 Å². The van der Waals surface area contributed by atoms with Crippen LogP contribution in [0, 0.1) is 0 Å². The molecule has 10 heavy (non-hydrogen) atoms. The fourth-order valence-electron chi connectivity index (χ4n) is 1.35. The van der Waals surface area contributed by atoms with Gasteiger partial charge in [0.05, 0.1) is 11.9 Å². The second-order valence-corrected chi connectivity index (χ2v) is 2.60. The summed E-state index contributed by atoms with van der Waals surface area (Å²) in [6.07, 6.45) is 9.33. The fraction of sp³-hybridized carbons (Fsp3) is 0.500. The first-order chi connectivity index (χ1) is 4.97. The van der Waals surface area contributed by atoms with E-state index in [1.807, 2.05) is 0 Å². The third-order valence-corrected chi connectivity index (χ3v) is 1.88. The van der Waals surface area contributed by atoms with Crippen LogP contribution in [0.4, 0.5) is 0 Å². The summed E-state index contributed by atoms with van der Waals surface area (Å²) >= 11 is 0. The van der Waals surface area contributed by atoms with E-state index in [0.717, 1.165) is 18.5 Å². The molecule has 2 aliphatic rings. The van der Waals surface area contributed by atoms with Gasteiger partial charge in [0, 0.05) is 0 Å². The number of ether oxygens (including phenoxy) is 1. The lowest BCUT2D eigenvalue weighted by Gasteiger charge is -2.24. The molecule has 2 rings (SSSR count). The van der Waals surface area contributed by atoms with Crippen molar-refractivity contribution in [2.45, 2.75) is 25.4 Å². The topological polar surface area (TPSA) is 23.3 Å². The lowest BCUT2D eigenvalue weighted by atomic mass is 10.0. The lowest BCUT2D eigenvalue weighted by Crippen LogP contribution is -2.24. The minimum atomic E-state index is 0.263. The highest BCUT2D eigenvalue weighted by Gasteiger charge is 2.20. The van der Waals surface area contributed by atoms with Crippen molar-refractivity contribution >= 4 is 0 Å².